The van der Waals surface area contributed by atoms with E-state index in [0.717, 1.165) is 39.8 Å². The lowest BCUT2D eigenvalue weighted by molar-refractivity contribution is 0.402. The molecule has 1 aromatic heterocycles. The van der Waals surface area contributed by atoms with Crippen LogP contribution in [0.25, 0.3) is 22.0 Å². The molecule has 184 valence electrons. The summed E-state index contributed by atoms with van der Waals surface area (Å²) >= 11 is 0. The Labute approximate surface area is 217 Å². The molecular formula is C30H26N4O2S. The van der Waals surface area contributed by atoms with E-state index in [4.69, 9.17) is 4.99 Å². The average Bonchev–Trinajstić information content (AvgIpc) is 3.25. The lowest BCUT2D eigenvalue weighted by atomic mass is 9.97. The predicted molar refractivity (Wildman–Crippen MR) is 150 cm³/mol. The number of aromatic amines is 1. The molecule has 7 heteroatoms. The van der Waals surface area contributed by atoms with Crippen molar-refractivity contribution in [3.8, 4) is 11.1 Å². The number of aromatic nitrogens is 1. The number of rotatable bonds is 7. The molecule has 0 radical (unpaired) electrons. The fraction of sp³-hybridized carbons (Fsp3) is 0.100. The van der Waals surface area contributed by atoms with Crippen LogP contribution in [0.1, 0.15) is 16.7 Å². The van der Waals surface area contributed by atoms with E-state index in [-0.39, 0.29) is 5.82 Å². The van der Waals surface area contributed by atoms with Crippen molar-refractivity contribution in [2.24, 2.45) is 9.36 Å². The van der Waals surface area contributed by atoms with E-state index in [1.165, 1.54) is 5.56 Å². The zero-order chi connectivity index (χ0) is 25.8. The van der Waals surface area contributed by atoms with Crippen molar-refractivity contribution in [3.63, 3.8) is 0 Å². The molecule has 0 saturated heterocycles. The van der Waals surface area contributed by atoms with Gasteiger partial charge in [0.05, 0.1) is 17.0 Å². The molecular weight excluding hydrogens is 480 g/mol. The first-order chi connectivity index (χ1) is 18.0. The van der Waals surface area contributed by atoms with Gasteiger partial charge >= 0.3 is 10.5 Å². The summed E-state index contributed by atoms with van der Waals surface area (Å²) in [5.41, 5.74) is 6.96. The maximum absolute atomic E-state index is 11.7. The van der Waals surface area contributed by atoms with Gasteiger partial charge in [-0.05, 0) is 55.1 Å². The van der Waals surface area contributed by atoms with E-state index in [2.05, 4.69) is 32.4 Å². The number of benzene rings is 4. The van der Waals surface area contributed by atoms with Gasteiger partial charge < -0.3 is 9.88 Å². The van der Waals surface area contributed by atoms with E-state index in [1.54, 1.807) is 0 Å². The third-order valence-corrected chi connectivity index (χ3v) is 6.34. The van der Waals surface area contributed by atoms with E-state index >= 15 is 0 Å². The molecule has 0 amide bonds. The third kappa shape index (κ3) is 5.58. The molecule has 5 aromatic rings. The van der Waals surface area contributed by atoms with E-state index in [0.29, 0.717) is 11.3 Å². The first-order valence-corrected chi connectivity index (χ1v) is 12.9. The number of fused-ring (bicyclic) bond motifs is 1. The topological polar surface area (TPSA) is 77.9 Å². The van der Waals surface area contributed by atoms with Crippen molar-refractivity contribution < 1.29 is 8.42 Å². The van der Waals surface area contributed by atoms with E-state index in [1.807, 2.05) is 99.0 Å². The monoisotopic (exact) mass is 506 g/mol. The van der Waals surface area contributed by atoms with Crippen molar-refractivity contribution >= 4 is 38.6 Å². The molecule has 0 spiro atoms. The summed E-state index contributed by atoms with van der Waals surface area (Å²) in [5, 5.41) is 0.845. The molecule has 0 fully saturated rings. The Morgan fingerprint density at radius 1 is 0.811 bits per heavy atom. The highest BCUT2D eigenvalue weighted by Gasteiger charge is 2.20. The minimum atomic E-state index is -2.64. The van der Waals surface area contributed by atoms with Crippen LogP contribution in [-0.2, 0) is 17.0 Å². The minimum Gasteiger partial charge on any atom is -0.338 e. The molecule has 6 nitrogen and oxygen atoms in total. The summed E-state index contributed by atoms with van der Waals surface area (Å²) in [6, 6.07) is 33.9. The number of nitrogens with zero attached hydrogens (tertiary/aromatic N) is 3. The maximum Gasteiger partial charge on any atom is 0.317 e. The van der Waals surface area contributed by atoms with Crippen molar-refractivity contribution in [2.75, 3.05) is 14.1 Å². The summed E-state index contributed by atoms with van der Waals surface area (Å²) in [6.45, 7) is 0.832. The second-order valence-corrected chi connectivity index (χ2v) is 9.63. The van der Waals surface area contributed by atoms with Gasteiger partial charge in [-0.25, -0.2) is 4.99 Å². The lowest BCUT2D eigenvalue weighted by Gasteiger charge is -2.11. The average molecular weight is 507 g/mol. The molecule has 1 N–H and O–H groups in total. The zero-order valence-corrected chi connectivity index (χ0v) is 21.4. The van der Waals surface area contributed by atoms with Gasteiger partial charge in [-0.15, -0.1) is 4.36 Å². The molecule has 4 aromatic carbocycles. The van der Waals surface area contributed by atoms with Crippen molar-refractivity contribution in [3.05, 3.63) is 120 Å². The fourth-order valence-electron chi connectivity index (χ4n) is 4.40. The van der Waals surface area contributed by atoms with Gasteiger partial charge in [0.1, 0.15) is 0 Å². The second-order valence-electron chi connectivity index (χ2n) is 9.01. The molecule has 0 unspecified atom stereocenters. The Balaban J connectivity index is 1.75. The van der Waals surface area contributed by atoms with Crippen LogP contribution in [0.3, 0.4) is 0 Å². The number of hydrogen-bond donors (Lipinski definition) is 1. The fourth-order valence-corrected chi connectivity index (χ4v) is 4.69. The summed E-state index contributed by atoms with van der Waals surface area (Å²) in [7, 11) is 1.43. The van der Waals surface area contributed by atoms with Crippen LogP contribution in [0.5, 0.6) is 0 Å². The molecule has 0 aliphatic carbocycles. The van der Waals surface area contributed by atoms with Gasteiger partial charge in [-0.2, -0.15) is 8.42 Å². The Morgan fingerprint density at radius 2 is 1.49 bits per heavy atom. The normalized spacial score (nSPS) is 11.7. The Morgan fingerprint density at radius 3 is 2.14 bits per heavy atom. The summed E-state index contributed by atoms with van der Waals surface area (Å²) in [5.74, 6) is 0.250. The van der Waals surface area contributed by atoms with Crippen LogP contribution in [-0.4, -0.2) is 38.1 Å². The van der Waals surface area contributed by atoms with Crippen molar-refractivity contribution in [1.29, 1.82) is 0 Å². The highest BCUT2D eigenvalue weighted by atomic mass is 32.2. The van der Waals surface area contributed by atoms with Crippen LogP contribution in [0, 0.1) is 0 Å². The van der Waals surface area contributed by atoms with Crippen LogP contribution < -0.4 is 0 Å². The van der Waals surface area contributed by atoms with Crippen molar-refractivity contribution in [2.45, 2.75) is 6.54 Å². The summed E-state index contributed by atoms with van der Waals surface area (Å²) in [6.07, 6.45) is 0. The van der Waals surface area contributed by atoms with E-state index < -0.39 is 10.5 Å². The number of nitrogens with one attached hydrogen (secondary N) is 1. The predicted octanol–water partition coefficient (Wildman–Crippen LogP) is 6.76. The molecule has 37 heavy (non-hydrogen) atoms. The highest BCUT2D eigenvalue weighted by Crippen LogP contribution is 2.35. The lowest BCUT2D eigenvalue weighted by Crippen LogP contribution is -2.10. The van der Waals surface area contributed by atoms with Crippen LogP contribution in [0.15, 0.2) is 112 Å². The largest absolute Gasteiger partial charge is 0.338 e. The van der Waals surface area contributed by atoms with Crippen LogP contribution >= 0.6 is 0 Å². The third-order valence-electron chi connectivity index (χ3n) is 6.01. The van der Waals surface area contributed by atoms with Gasteiger partial charge in [0.25, 0.3) is 0 Å². The Hall–Kier alpha value is -4.33. The molecule has 1 heterocycles. The van der Waals surface area contributed by atoms with Crippen molar-refractivity contribution in [1.82, 2.24) is 9.88 Å². The van der Waals surface area contributed by atoms with Gasteiger partial charge in [0, 0.05) is 23.0 Å². The highest BCUT2D eigenvalue weighted by molar-refractivity contribution is 7.61. The first kappa shape index (κ1) is 24.4. The quantitative estimate of drug-likeness (QED) is 0.248. The summed E-state index contributed by atoms with van der Waals surface area (Å²) < 4.78 is 27.3. The SMILES string of the molecule is CN(C)Cc1ccc(N=C(c2ccccc2)c2c(N=S(=O)=O)[nH]c3ccc(-c4ccccc4)cc23)cc1. The molecule has 0 saturated carbocycles. The Kier molecular flexibility index (Phi) is 7.07. The smallest absolute Gasteiger partial charge is 0.317 e. The Bertz CT molecular complexity index is 1700. The number of aliphatic imine (C=N–C) groups is 1. The maximum atomic E-state index is 11.7. The van der Waals surface area contributed by atoms with Gasteiger partial charge in [0.2, 0.25) is 0 Å². The number of H-pyrrole nitrogens is 1. The zero-order valence-electron chi connectivity index (χ0n) is 20.6. The summed E-state index contributed by atoms with van der Waals surface area (Å²) in [4.78, 5) is 10.3. The van der Waals surface area contributed by atoms with Gasteiger partial charge in [-0.3, -0.25) is 0 Å². The number of hydrogen-bond acceptors (Lipinski definition) is 5. The molecule has 0 aliphatic rings. The molecule has 5 rings (SSSR count). The van der Waals surface area contributed by atoms with Gasteiger partial charge in [-0.1, -0.05) is 78.9 Å². The minimum absolute atomic E-state index is 0.250. The van der Waals surface area contributed by atoms with Crippen LogP contribution in [0.2, 0.25) is 0 Å². The van der Waals surface area contributed by atoms with Crippen LogP contribution in [0.4, 0.5) is 11.5 Å². The standard InChI is InChI=1S/C30H26N4O2S/c1-34(2)20-21-13-16-25(17-14-21)31-29(23-11-7-4-8-12-23)28-26-19-24(22-9-5-3-6-10-22)15-18-27(26)32-30(28)33-37(35)36/h3-19,32H,20H2,1-2H3. The van der Waals surface area contributed by atoms with Gasteiger partial charge in [0.15, 0.2) is 5.82 Å². The molecule has 0 bridgehead atoms. The second kappa shape index (κ2) is 10.7. The first-order valence-electron chi connectivity index (χ1n) is 11.9. The molecule has 0 atom stereocenters. The molecule has 0 aliphatic heterocycles. The van der Waals surface area contributed by atoms with E-state index in [9.17, 15) is 8.42 Å².